The maximum atomic E-state index is 6.49. The third-order valence-electron chi connectivity index (χ3n) is 5.02. The molecule has 1 unspecified atom stereocenters. The van der Waals surface area contributed by atoms with Crippen LogP contribution in [0.4, 0.5) is 5.69 Å². The molecule has 0 saturated heterocycles. The fraction of sp³-hybridized carbons (Fsp3) is 0.0909. The highest BCUT2D eigenvalue weighted by Crippen LogP contribution is 2.42. The van der Waals surface area contributed by atoms with Crippen LogP contribution in [0.3, 0.4) is 0 Å². The van der Waals surface area contributed by atoms with Crippen LogP contribution in [0.1, 0.15) is 11.1 Å². The Morgan fingerprint density at radius 2 is 1.62 bits per heavy atom. The molecule has 2 nitrogen and oxygen atoms in total. The molecule has 0 bridgehead atoms. The number of benzene rings is 3. The first-order valence-electron chi connectivity index (χ1n) is 8.19. The summed E-state index contributed by atoms with van der Waals surface area (Å²) in [7, 11) is 2.08. The highest BCUT2D eigenvalue weighted by molar-refractivity contribution is 5.94. The molecule has 1 atom stereocenters. The van der Waals surface area contributed by atoms with Gasteiger partial charge in [0.25, 0.3) is 0 Å². The number of ether oxygens (including phenoxy) is 1. The smallest absolute Gasteiger partial charge is 0.222 e. The molecule has 1 spiro atoms. The van der Waals surface area contributed by atoms with Crippen LogP contribution in [-0.2, 0) is 0 Å². The Kier molecular flexibility index (Phi) is 2.66. The first-order valence-corrected chi connectivity index (χ1v) is 8.19. The van der Waals surface area contributed by atoms with Gasteiger partial charge in [0.2, 0.25) is 5.72 Å². The lowest BCUT2D eigenvalue weighted by Gasteiger charge is -2.43. The third kappa shape index (κ3) is 1.77. The van der Waals surface area contributed by atoms with Crippen molar-refractivity contribution in [3.8, 4) is 5.75 Å². The standard InChI is InChI=1S/C22H17NO/c1-23-20-9-5-3-7-17(20)12-14-22(23)15-13-19-18-8-4-2-6-16(18)10-11-21(19)24-22/h2-15H,1H3. The summed E-state index contributed by atoms with van der Waals surface area (Å²) in [4.78, 5) is 2.19. The van der Waals surface area contributed by atoms with E-state index in [1.807, 2.05) is 0 Å². The van der Waals surface area contributed by atoms with Crippen molar-refractivity contribution in [2.75, 3.05) is 11.9 Å². The molecule has 3 aromatic rings. The molecule has 2 heterocycles. The van der Waals surface area contributed by atoms with Crippen molar-refractivity contribution in [1.82, 2.24) is 0 Å². The van der Waals surface area contributed by atoms with Crippen LogP contribution < -0.4 is 9.64 Å². The zero-order valence-corrected chi connectivity index (χ0v) is 13.4. The highest BCUT2D eigenvalue weighted by atomic mass is 16.5. The van der Waals surface area contributed by atoms with E-state index in [1.54, 1.807) is 0 Å². The van der Waals surface area contributed by atoms with Gasteiger partial charge in [-0.3, -0.25) is 0 Å². The first kappa shape index (κ1) is 13.4. The number of nitrogens with zero attached hydrogens (tertiary/aromatic N) is 1. The third-order valence-corrected chi connectivity index (χ3v) is 5.02. The fourth-order valence-electron chi connectivity index (χ4n) is 3.66. The normalized spacial score (nSPS) is 20.8. The maximum absolute atomic E-state index is 6.49. The molecule has 0 aromatic heterocycles. The number of hydrogen-bond acceptors (Lipinski definition) is 2. The Bertz CT molecular complexity index is 1020. The van der Waals surface area contributed by atoms with Crippen LogP contribution in [0, 0.1) is 0 Å². The summed E-state index contributed by atoms with van der Waals surface area (Å²) < 4.78 is 6.49. The number of anilines is 1. The van der Waals surface area contributed by atoms with Gasteiger partial charge in [-0.25, -0.2) is 0 Å². The van der Waals surface area contributed by atoms with Gasteiger partial charge in [0, 0.05) is 18.3 Å². The van der Waals surface area contributed by atoms with Crippen LogP contribution in [0.25, 0.3) is 22.9 Å². The Labute approximate surface area is 141 Å². The van der Waals surface area contributed by atoms with Gasteiger partial charge in [0.15, 0.2) is 0 Å². The summed E-state index contributed by atoms with van der Waals surface area (Å²) in [5.74, 6) is 0.923. The molecule has 2 aliphatic heterocycles. The summed E-state index contributed by atoms with van der Waals surface area (Å²) >= 11 is 0. The van der Waals surface area contributed by atoms with Crippen LogP contribution in [-0.4, -0.2) is 12.8 Å². The molecule has 0 amide bonds. The Hall–Kier alpha value is -3.00. The average Bonchev–Trinajstić information content (AvgIpc) is 2.65. The van der Waals surface area contributed by atoms with Crippen molar-refractivity contribution >= 4 is 28.6 Å². The largest absolute Gasteiger partial charge is 0.460 e. The van der Waals surface area contributed by atoms with Gasteiger partial charge >= 0.3 is 0 Å². The molecule has 0 saturated carbocycles. The monoisotopic (exact) mass is 311 g/mol. The Morgan fingerprint density at radius 3 is 2.58 bits per heavy atom. The summed E-state index contributed by atoms with van der Waals surface area (Å²) in [6, 6.07) is 21.0. The lowest BCUT2D eigenvalue weighted by molar-refractivity contribution is 0.168. The quantitative estimate of drug-likeness (QED) is 0.572. The topological polar surface area (TPSA) is 12.5 Å². The molecule has 116 valence electrons. The molecule has 0 radical (unpaired) electrons. The van der Waals surface area contributed by atoms with E-state index in [1.165, 1.54) is 22.0 Å². The van der Waals surface area contributed by atoms with Crippen molar-refractivity contribution in [3.63, 3.8) is 0 Å². The molecule has 5 rings (SSSR count). The van der Waals surface area contributed by atoms with Gasteiger partial charge in [-0.2, -0.15) is 0 Å². The number of para-hydroxylation sites is 1. The van der Waals surface area contributed by atoms with Crippen molar-refractivity contribution < 1.29 is 4.74 Å². The minimum atomic E-state index is -0.566. The van der Waals surface area contributed by atoms with Gasteiger partial charge < -0.3 is 9.64 Å². The number of likely N-dealkylation sites (N-methyl/N-ethyl adjacent to an activating group) is 1. The highest BCUT2D eigenvalue weighted by Gasteiger charge is 2.38. The molecule has 0 aliphatic carbocycles. The molecule has 2 aliphatic rings. The molecule has 0 fully saturated rings. The molecular weight excluding hydrogens is 294 g/mol. The molecule has 0 N–H and O–H groups in total. The van der Waals surface area contributed by atoms with Crippen LogP contribution in [0.15, 0.2) is 72.8 Å². The number of rotatable bonds is 0. The van der Waals surface area contributed by atoms with E-state index in [2.05, 4.69) is 96.9 Å². The predicted molar refractivity (Wildman–Crippen MR) is 100 cm³/mol. The molecular formula is C22H17NO. The van der Waals surface area contributed by atoms with Crippen LogP contribution >= 0.6 is 0 Å². The maximum Gasteiger partial charge on any atom is 0.222 e. The summed E-state index contributed by atoms with van der Waals surface area (Å²) in [6.07, 6.45) is 8.61. The lowest BCUT2D eigenvalue weighted by Crippen LogP contribution is -2.51. The van der Waals surface area contributed by atoms with E-state index < -0.39 is 5.72 Å². The first-order chi connectivity index (χ1) is 11.8. The van der Waals surface area contributed by atoms with Gasteiger partial charge in [-0.1, -0.05) is 54.6 Å². The van der Waals surface area contributed by atoms with Gasteiger partial charge in [0.05, 0.1) is 0 Å². The van der Waals surface area contributed by atoms with Gasteiger partial charge in [-0.15, -0.1) is 0 Å². The summed E-state index contributed by atoms with van der Waals surface area (Å²) in [5.41, 5.74) is 2.98. The van der Waals surface area contributed by atoms with Crippen molar-refractivity contribution in [1.29, 1.82) is 0 Å². The van der Waals surface area contributed by atoms with E-state index in [9.17, 15) is 0 Å². The molecule has 2 heteroatoms. The minimum Gasteiger partial charge on any atom is -0.460 e. The predicted octanol–water partition coefficient (Wildman–Crippen LogP) is 5.10. The average molecular weight is 311 g/mol. The molecule has 3 aromatic carbocycles. The Morgan fingerprint density at radius 1 is 0.833 bits per heavy atom. The lowest BCUT2D eigenvalue weighted by atomic mass is 9.95. The summed E-state index contributed by atoms with van der Waals surface area (Å²) in [5, 5.41) is 2.46. The Balaban J connectivity index is 1.65. The zero-order chi connectivity index (χ0) is 16.1. The van der Waals surface area contributed by atoms with Crippen molar-refractivity contribution in [2.24, 2.45) is 0 Å². The second-order valence-electron chi connectivity index (χ2n) is 6.34. The van der Waals surface area contributed by atoms with Crippen LogP contribution in [0.2, 0.25) is 0 Å². The van der Waals surface area contributed by atoms with E-state index in [-0.39, 0.29) is 0 Å². The van der Waals surface area contributed by atoms with Crippen molar-refractivity contribution in [3.05, 3.63) is 83.9 Å². The van der Waals surface area contributed by atoms with Crippen molar-refractivity contribution in [2.45, 2.75) is 5.72 Å². The van der Waals surface area contributed by atoms with Crippen LogP contribution in [0.5, 0.6) is 5.75 Å². The van der Waals surface area contributed by atoms with E-state index in [4.69, 9.17) is 4.74 Å². The minimum absolute atomic E-state index is 0.566. The molecule has 24 heavy (non-hydrogen) atoms. The second kappa shape index (κ2) is 4.75. The van der Waals surface area contributed by atoms with Gasteiger partial charge in [0.1, 0.15) is 5.75 Å². The SMILES string of the molecule is CN1c2ccccc2C=CC12C=Cc1c(ccc3ccccc13)O2. The fourth-order valence-corrected chi connectivity index (χ4v) is 3.66. The number of hydrogen-bond donors (Lipinski definition) is 0. The zero-order valence-electron chi connectivity index (χ0n) is 13.4. The van der Waals surface area contributed by atoms with E-state index >= 15 is 0 Å². The summed E-state index contributed by atoms with van der Waals surface area (Å²) in [6.45, 7) is 0. The second-order valence-corrected chi connectivity index (χ2v) is 6.34. The van der Waals surface area contributed by atoms with Gasteiger partial charge in [-0.05, 0) is 46.7 Å². The van der Waals surface area contributed by atoms with E-state index in [0.717, 1.165) is 11.3 Å². The van der Waals surface area contributed by atoms with E-state index in [0.29, 0.717) is 0 Å². The number of fused-ring (bicyclic) bond motifs is 4.